The zero-order chi connectivity index (χ0) is 10.8. The highest BCUT2D eigenvalue weighted by atomic mass is 35.5. The summed E-state index contributed by atoms with van der Waals surface area (Å²) in [6.07, 6.45) is 0.685. The number of aromatic nitrogens is 1. The highest BCUT2D eigenvalue weighted by Crippen LogP contribution is 2.29. The number of thiazole rings is 1. The minimum absolute atomic E-state index is 0.0837. The number of carbonyl (C=O) groups is 1. The largest absolute Gasteiger partial charge is 0.508 e. The molecule has 0 aliphatic heterocycles. The molecule has 15 heavy (non-hydrogen) atoms. The molecular formula is C10H6ClNO2S. The molecule has 0 saturated carbocycles. The Balaban J connectivity index is 2.48. The molecule has 76 valence electrons. The van der Waals surface area contributed by atoms with E-state index in [0.717, 1.165) is 0 Å². The molecule has 1 aromatic heterocycles. The standard InChI is InChI=1S/C10H6ClNO2S/c11-7-1-6(2-9(14)3-7)10-12-8(4-13)5-15-10/h1-5,14H. The van der Waals surface area contributed by atoms with Crippen LogP contribution in [0.25, 0.3) is 10.6 Å². The van der Waals surface area contributed by atoms with E-state index in [2.05, 4.69) is 4.98 Å². The first-order valence-corrected chi connectivity index (χ1v) is 5.35. The highest BCUT2D eigenvalue weighted by Gasteiger charge is 2.06. The van der Waals surface area contributed by atoms with Crippen molar-refractivity contribution >= 4 is 29.2 Å². The molecule has 0 unspecified atom stereocenters. The number of carbonyl (C=O) groups excluding carboxylic acids is 1. The molecule has 0 fully saturated rings. The Bertz CT molecular complexity index is 490. The summed E-state index contributed by atoms with van der Waals surface area (Å²) in [6.45, 7) is 0. The van der Waals surface area contributed by atoms with Crippen LogP contribution in [-0.2, 0) is 0 Å². The van der Waals surface area contributed by atoms with Crippen LogP contribution in [0, 0.1) is 0 Å². The number of nitrogens with zero attached hydrogens (tertiary/aromatic N) is 1. The average Bonchev–Trinajstić information content (AvgIpc) is 2.64. The fourth-order valence-electron chi connectivity index (χ4n) is 1.17. The molecule has 0 aliphatic carbocycles. The maximum Gasteiger partial charge on any atom is 0.169 e. The molecule has 0 aliphatic rings. The molecule has 0 radical (unpaired) electrons. The molecule has 0 saturated heterocycles. The summed E-state index contributed by atoms with van der Waals surface area (Å²) in [6, 6.07) is 4.69. The molecule has 5 heteroatoms. The van der Waals surface area contributed by atoms with Gasteiger partial charge in [-0.05, 0) is 18.2 Å². The molecular weight excluding hydrogens is 234 g/mol. The van der Waals surface area contributed by atoms with Gasteiger partial charge in [-0.15, -0.1) is 11.3 Å². The van der Waals surface area contributed by atoms with Gasteiger partial charge in [-0.1, -0.05) is 11.6 Å². The van der Waals surface area contributed by atoms with E-state index in [0.29, 0.717) is 27.6 Å². The van der Waals surface area contributed by atoms with E-state index < -0.39 is 0 Å². The Kier molecular flexibility index (Phi) is 2.70. The first kappa shape index (κ1) is 10.1. The molecule has 0 atom stereocenters. The zero-order valence-electron chi connectivity index (χ0n) is 7.48. The van der Waals surface area contributed by atoms with Crippen molar-refractivity contribution in [3.63, 3.8) is 0 Å². The van der Waals surface area contributed by atoms with Crippen LogP contribution in [0.4, 0.5) is 0 Å². The molecule has 2 rings (SSSR count). The normalized spacial score (nSPS) is 10.2. The minimum Gasteiger partial charge on any atom is -0.508 e. The van der Waals surface area contributed by atoms with Crippen molar-refractivity contribution in [1.82, 2.24) is 4.98 Å². The Morgan fingerprint density at radius 3 is 2.80 bits per heavy atom. The lowest BCUT2D eigenvalue weighted by molar-refractivity contribution is 0.111. The zero-order valence-corrected chi connectivity index (χ0v) is 9.05. The van der Waals surface area contributed by atoms with Crippen LogP contribution in [0.3, 0.4) is 0 Å². The van der Waals surface area contributed by atoms with Crippen molar-refractivity contribution in [3.05, 3.63) is 34.3 Å². The van der Waals surface area contributed by atoms with E-state index >= 15 is 0 Å². The Hall–Kier alpha value is -1.39. The topological polar surface area (TPSA) is 50.2 Å². The predicted molar refractivity (Wildman–Crippen MR) is 59.6 cm³/mol. The lowest BCUT2D eigenvalue weighted by Gasteiger charge is -1.98. The predicted octanol–water partition coefficient (Wildman–Crippen LogP) is 2.98. The molecule has 2 aromatic rings. The third-order valence-electron chi connectivity index (χ3n) is 1.77. The van der Waals surface area contributed by atoms with Gasteiger partial charge in [-0.2, -0.15) is 0 Å². The number of rotatable bonds is 2. The number of hydrogen-bond donors (Lipinski definition) is 1. The minimum atomic E-state index is 0.0837. The number of phenolic OH excluding ortho intramolecular Hbond substituents is 1. The SMILES string of the molecule is O=Cc1csc(-c2cc(O)cc(Cl)c2)n1. The number of aldehydes is 1. The highest BCUT2D eigenvalue weighted by molar-refractivity contribution is 7.13. The van der Waals surface area contributed by atoms with Crippen LogP contribution in [0.2, 0.25) is 5.02 Å². The van der Waals surface area contributed by atoms with Crippen LogP contribution in [0.5, 0.6) is 5.75 Å². The van der Waals surface area contributed by atoms with E-state index in [1.807, 2.05) is 0 Å². The Labute approximate surface area is 95.0 Å². The molecule has 3 nitrogen and oxygen atoms in total. The van der Waals surface area contributed by atoms with Crippen molar-refractivity contribution in [2.45, 2.75) is 0 Å². The van der Waals surface area contributed by atoms with Crippen molar-refractivity contribution in [2.75, 3.05) is 0 Å². The number of hydrogen-bond acceptors (Lipinski definition) is 4. The second kappa shape index (κ2) is 4.00. The van der Waals surface area contributed by atoms with E-state index in [4.69, 9.17) is 11.6 Å². The van der Waals surface area contributed by atoms with Gasteiger partial charge in [0.2, 0.25) is 0 Å². The molecule has 0 spiro atoms. The number of halogens is 1. The molecule has 0 amide bonds. The van der Waals surface area contributed by atoms with Gasteiger partial charge in [-0.3, -0.25) is 4.79 Å². The van der Waals surface area contributed by atoms with Crippen LogP contribution in [-0.4, -0.2) is 16.4 Å². The Morgan fingerprint density at radius 2 is 2.20 bits per heavy atom. The molecule has 1 N–H and O–H groups in total. The summed E-state index contributed by atoms with van der Waals surface area (Å²) >= 11 is 7.12. The maximum absolute atomic E-state index is 10.5. The number of aromatic hydroxyl groups is 1. The van der Waals surface area contributed by atoms with Gasteiger partial charge < -0.3 is 5.11 Å². The number of benzene rings is 1. The first-order chi connectivity index (χ1) is 7.19. The second-order valence-corrected chi connectivity index (χ2v) is 4.19. The van der Waals surface area contributed by atoms with Crippen molar-refractivity contribution in [1.29, 1.82) is 0 Å². The summed E-state index contributed by atoms with van der Waals surface area (Å²) < 4.78 is 0. The van der Waals surface area contributed by atoms with Crippen molar-refractivity contribution in [3.8, 4) is 16.3 Å². The smallest absolute Gasteiger partial charge is 0.169 e. The van der Waals surface area contributed by atoms with E-state index in [-0.39, 0.29) is 5.75 Å². The van der Waals surface area contributed by atoms with Crippen LogP contribution in [0.15, 0.2) is 23.6 Å². The second-order valence-electron chi connectivity index (χ2n) is 2.89. The third-order valence-corrected chi connectivity index (χ3v) is 2.90. The van der Waals surface area contributed by atoms with Gasteiger partial charge in [0.25, 0.3) is 0 Å². The summed E-state index contributed by atoms with van der Waals surface area (Å²) in [5, 5.41) is 12.1. The molecule has 0 bridgehead atoms. The average molecular weight is 240 g/mol. The van der Waals surface area contributed by atoms with Gasteiger partial charge in [-0.25, -0.2) is 4.98 Å². The summed E-state index contributed by atoms with van der Waals surface area (Å²) in [7, 11) is 0. The first-order valence-electron chi connectivity index (χ1n) is 4.09. The molecule has 1 aromatic carbocycles. The monoisotopic (exact) mass is 239 g/mol. The van der Waals surface area contributed by atoms with Gasteiger partial charge >= 0.3 is 0 Å². The van der Waals surface area contributed by atoms with Crippen LogP contribution < -0.4 is 0 Å². The van der Waals surface area contributed by atoms with Gasteiger partial charge in [0.15, 0.2) is 6.29 Å². The van der Waals surface area contributed by atoms with E-state index in [9.17, 15) is 9.90 Å². The summed E-state index contributed by atoms with van der Waals surface area (Å²) in [5.74, 6) is 0.0837. The van der Waals surface area contributed by atoms with Gasteiger partial charge in [0.1, 0.15) is 16.5 Å². The van der Waals surface area contributed by atoms with Crippen molar-refractivity contribution < 1.29 is 9.90 Å². The Morgan fingerprint density at radius 1 is 1.40 bits per heavy atom. The summed E-state index contributed by atoms with van der Waals surface area (Å²) in [5.41, 5.74) is 1.09. The number of phenols is 1. The van der Waals surface area contributed by atoms with E-state index in [1.165, 1.54) is 17.4 Å². The third kappa shape index (κ3) is 2.16. The van der Waals surface area contributed by atoms with Crippen LogP contribution in [0.1, 0.15) is 10.5 Å². The molecule has 1 heterocycles. The van der Waals surface area contributed by atoms with Gasteiger partial charge in [0, 0.05) is 16.0 Å². The van der Waals surface area contributed by atoms with Crippen LogP contribution >= 0.6 is 22.9 Å². The fourth-order valence-corrected chi connectivity index (χ4v) is 2.15. The summed E-state index contributed by atoms with van der Waals surface area (Å²) in [4.78, 5) is 14.5. The van der Waals surface area contributed by atoms with Crippen molar-refractivity contribution in [2.24, 2.45) is 0 Å². The lowest BCUT2D eigenvalue weighted by Crippen LogP contribution is -1.80. The lowest BCUT2D eigenvalue weighted by atomic mass is 10.2. The van der Waals surface area contributed by atoms with Gasteiger partial charge in [0.05, 0.1) is 0 Å². The quantitative estimate of drug-likeness (QED) is 0.820. The van der Waals surface area contributed by atoms with E-state index in [1.54, 1.807) is 17.5 Å². The maximum atomic E-state index is 10.5. The fraction of sp³-hybridized carbons (Fsp3) is 0.